The number of hydrogen-bond acceptors (Lipinski definition) is 7. The number of imide groups is 1. The van der Waals surface area contributed by atoms with Gasteiger partial charge in [-0.3, -0.25) is 29.4 Å². The van der Waals surface area contributed by atoms with Gasteiger partial charge in [-0.1, -0.05) is 15.9 Å². The molecule has 1 N–H and O–H groups in total. The molecule has 0 aliphatic carbocycles. The van der Waals surface area contributed by atoms with Crippen molar-refractivity contribution >= 4 is 50.7 Å². The molecule has 3 fully saturated rings. The smallest absolute Gasteiger partial charge is 0.271 e. The summed E-state index contributed by atoms with van der Waals surface area (Å²) in [6.45, 7) is 0.595. The van der Waals surface area contributed by atoms with Gasteiger partial charge in [0.15, 0.2) is 0 Å². The number of nitrogens with one attached hydrogen (secondary N) is 1. The van der Waals surface area contributed by atoms with Crippen LogP contribution in [0.1, 0.15) is 18.4 Å². The molecule has 4 atom stereocenters. The summed E-state index contributed by atoms with van der Waals surface area (Å²) in [5.74, 6) is -2.86. The van der Waals surface area contributed by atoms with Gasteiger partial charge in [0.05, 0.1) is 23.9 Å². The maximum Gasteiger partial charge on any atom is 0.271 e. The SMILES string of the molecule is COc1ccc([N+](=O)[O-])cc1N1C(=O)[C@H]2[C@@H](C1=O)[C@@]1(C(=O)Nc3ccc(Br)cc31)N1CCC[C@@H]21. The Morgan fingerprint density at radius 1 is 1.18 bits per heavy atom. The van der Waals surface area contributed by atoms with Gasteiger partial charge in [0.2, 0.25) is 17.7 Å². The third kappa shape index (κ3) is 2.45. The number of hydrogen-bond donors (Lipinski definition) is 1. The summed E-state index contributed by atoms with van der Waals surface area (Å²) in [7, 11) is 1.37. The average Bonchev–Trinajstić information content (AvgIpc) is 3.52. The minimum absolute atomic E-state index is 0.0219. The quantitative estimate of drug-likeness (QED) is 0.370. The van der Waals surface area contributed by atoms with E-state index >= 15 is 0 Å². The molecule has 4 aliphatic rings. The third-order valence-electron chi connectivity index (χ3n) is 7.57. The lowest BCUT2D eigenvalue weighted by Crippen LogP contribution is -2.54. The van der Waals surface area contributed by atoms with E-state index in [-0.39, 0.29) is 29.1 Å². The lowest BCUT2D eigenvalue weighted by atomic mass is 9.75. The number of ether oxygens (including phenoxy) is 1. The summed E-state index contributed by atoms with van der Waals surface area (Å²) < 4.78 is 6.10. The zero-order valence-electron chi connectivity index (χ0n) is 18.0. The predicted molar refractivity (Wildman–Crippen MR) is 123 cm³/mol. The normalized spacial score (nSPS) is 29.4. The van der Waals surface area contributed by atoms with Crippen LogP contribution in [0.4, 0.5) is 17.1 Å². The average molecular weight is 527 g/mol. The molecule has 6 rings (SSSR count). The van der Waals surface area contributed by atoms with Crippen LogP contribution in [0.15, 0.2) is 40.9 Å². The molecule has 0 radical (unpaired) electrons. The molecule has 4 aliphatic heterocycles. The van der Waals surface area contributed by atoms with Gasteiger partial charge in [0, 0.05) is 33.9 Å². The zero-order valence-corrected chi connectivity index (χ0v) is 19.6. The van der Waals surface area contributed by atoms with Crippen LogP contribution in [0.5, 0.6) is 5.75 Å². The van der Waals surface area contributed by atoms with Crippen LogP contribution in [0.25, 0.3) is 0 Å². The Bertz CT molecular complexity index is 1310. The van der Waals surface area contributed by atoms with E-state index in [1.54, 1.807) is 6.07 Å². The number of benzene rings is 2. The second kappa shape index (κ2) is 7.09. The number of anilines is 2. The highest BCUT2D eigenvalue weighted by Gasteiger charge is 2.74. The molecule has 2 aromatic carbocycles. The first kappa shape index (κ1) is 21.2. The van der Waals surface area contributed by atoms with E-state index in [9.17, 15) is 24.5 Å². The number of fused-ring (bicyclic) bond motifs is 7. The maximum absolute atomic E-state index is 14.0. The van der Waals surface area contributed by atoms with Crippen molar-refractivity contribution in [3.63, 3.8) is 0 Å². The van der Waals surface area contributed by atoms with Crippen LogP contribution in [0.3, 0.4) is 0 Å². The number of carbonyl (C=O) groups is 3. The second-order valence-electron chi connectivity index (χ2n) is 8.94. The Kier molecular flexibility index (Phi) is 4.43. The molecule has 2 aromatic rings. The van der Waals surface area contributed by atoms with Gasteiger partial charge in [-0.05, 0) is 43.7 Å². The lowest BCUT2D eigenvalue weighted by molar-refractivity contribution is -0.384. The molecular formula is C23H19BrN4O6. The monoisotopic (exact) mass is 526 g/mol. The van der Waals surface area contributed by atoms with Gasteiger partial charge in [0.1, 0.15) is 17.0 Å². The van der Waals surface area contributed by atoms with Crippen molar-refractivity contribution in [2.24, 2.45) is 11.8 Å². The lowest BCUT2D eigenvalue weighted by Gasteiger charge is -2.36. The highest BCUT2D eigenvalue weighted by molar-refractivity contribution is 9.10. The van der Waals surface area contributed by atoms with E-state index < -0.39 is 34.1 Å². The Balaban J connectivity index is 1.56. The molecule has 0 aromatic heterocycles. The van der Waals surface area contributed by atoms with Gasteiger partial charge < -0.3 is 10.1 Å². The number of amides is 3. The molecule has 1 spiro atoms. The summed E-state index contributed by atoms with van der Waals surface area (Å²) in [5.41, 5.74) is -0.279. The molecule has 0 bridgehead atoms. The van der Waals surface area contributed by atoms with Crippen LogP contribution < -0.4 is 15.0 Å². The van der Waals surface area contributed by atoms with Crippen LogP contribution in [0, 0.1) is 22.0 Å². The first-order chi connectivity index (χ1) is 16.3. The Morgan fingerprint density at radius 2 is 1.97 bits per heavy atom. The van der Waals surface area contributed by atoms with E-state index in [2.05, 4.69) is 21.2 Å². The number of nitrogens with zero attached hydrogens (tertiary/aromatic N) is 3. The van der Waals surface area contributed by atoms with Crippen LogP contribution in [-0.2, 0) is 19.9 Å². The van der Waals surface area contributed by atoms with Crippen LogP contribution in [-0.4, -0.2) is 47.2 Å². The standard InChI is InChI=1S/C23H19BrN4O6/c1-34-17-7-5-12(28(32)33)10-16(17)27-20(29)18-15-3-2-8-26(15)23(19(18)21(27)30)13-9-11(24)4-6-14(13)25-22(23)31/h4-7,9-10,15,18-19H,2-3,8H2,1H3,(H,25,31)/t15-,18+,19-,23-/m0/s1. The van der Waals surface area contributed by atoms with Crippen molar-refractivity contribution < 1.29 is 24.0 Å². The van der Waals surface area contributed by atoms with Crippen molar-refractivity contribution in [3.05, 3.63) is 56.5 Å². The van der Waals surface area contributed by atoms with E-state index in [1.165, 1.54) is 25.3 Å². The second-order valence-corrected chi connectivity index (χ2v) is 9.86. The topological polar surface area (TPSA) is 122 Å². The summed E-state index contributed by atoms with van der Waals surface area (Å²) in [5, 5.41) is 14.3. The molecule has 0 saturated carbocycles. The van der Waals surface area contributed by atoms with Crippen molar-refractivity contribution in [1.29, 1.82) is 0 Å². The highest BCUT2D eigenvalue weighted by Crippen LogP contribution is 2.61. The fourth-order valence-electron chi connectivity index (χ4n) is 6.38. The molecule has 11 heteroatoms. The minimum atomic E-state index is -1.32. The number of nitro benzene ring substituents is 1. The van der Waals surface area contributed by atoms with Crippen molar-refractivity contribution in [3.8, 4) is 5.75 Å². The van der Waals surface area contributed by atoms with Gasteiger partial charge >= 0.3 is 0 Å². The van der Waals surface area contributed by atoms with Crippen molar-refractivity contribution in [2.75, 3.05) is 23.9 Å². The Hall–Kier alpha value is -3.31. The molecule has 3 amide bonds. The summed E-state index contributed by atoms with van der Waals surface area (Å²) in [6, 6.07) is 8.95. The number of non-ortho nitro benzene ring substituents is 1. The summed E-state index contributed by atoms with van der Waals surface area (Å²) in [6.07, 6.45) is 1.48. The minimum Gasteiger partial charge on any atom is -0.495 e. The van der Waals surface area contributed by atoms with Gasteiger partial charge in [-0.25, -0.2) is 4.90 Å². The van der Waals surface area contributed by atoms with Crippen LogP contribution in [0.2, 0.25) is 0 Å². The maximum atomic E-state index is 14.0. The molecule has 174 valence electrons. The largest absolute Gasteiger partial charge is 0.495 e. The van der Waals surface area contributed by atoms with Gasteiger partial charge in [-0.2, -0.15) is 0 Å². The number of halogens is 1. The van der Waals surface area contributed by atoms with E-state index in [4.69, 9.17) is 4.74 Å². The zero-order chi connectivity index (χ0) is 23.9. The van der Waals surface area contributed by atoms with E-state index in [0.29, 0.717) is 24.2 Å². The summed E-state index contributed by atoms with van der Waals surface area (Å²) in [4.78, 5) is 55.3. The molecule has 4 heterocycles. The van der Waals surface area contributed by atoms with Crippen LogP contribution >= 0.6 is 15.9 Å². The van der Waals surface area contributed by atoms with Crippen molar-refractivity contribution in [1.82, 2.24) is 4.90 Å². The molecule has 0 unspecified atom stereocenters. The third-order valence-corrected chi connectivity index (χ3v) is 8.06. The number of methoxy groups -OCH3 is 1. The molecule has 34 heavy (non-hydrogen) atoms. The Morgan fingerprint density at radius 3 is 2.71 bits per heavy atom. The fraction of sp³-hybridized carbons (Fsp3) is 0.348. The van der Waals surface area contributed by atoms with E-state index in [1.807, 2.05) is 17.0 Å². The highest BCUT2D eigenvalue weighted by atomic mass is 79.9. The van der Waals surface area contributed by atoms with E-state index in [0.717, 1.165) is 15.8 Å². The van der Waals surface area contributed by atoms with Gasteiger partial charge in [0.25, 0.3) is 5.69 Å². The molecular weight excluding hydrogens is 508 g/mol. The number of rotatable bonds is 3. The van der Waals surface area contributed by atoms with Crippen molar-refractivity contribution in [2.45, 2.75) is 24.4 Å². The predicted octanol–water partition coefficient (Wildman–Crippen LogP) is 2.80. The first-order valence-corrected chi connectivity index (χ1v) is 11.7. The molecule has 3 saturated heterocycles. The fourth-order valence-corrected chi connectivity index (χ4v) is 6.74. The number of nitro groups is 1. The Labute approximate surface area is 202 Å². The van der Waals surface area contributed by atoms with Gasteiger partial charge in [-0.15, -0.1) is 0 Å². The first-order valence-electron chi connectivity index (χ1n) is 10.9. The summed E-state index contributed by atoms with van der Waals surface area (Å²) >= 11 is 3.48. The number of carbonyl (C=O) groups excluding carboxylic acids is 3. The molecule has 10 nitrogen and oxygen atoms in total.